The number of rotatable bonds is 2. The summed E-state index contributed by atoms with van der Waals surface area (Å²) in [5, 5.41) is 0. The molecular weight excluding hydrogens is 196 g/mol. The van der Waals surface area contributed by atoms with E-state index in [1.807, 2.05) is 0 Å². The lowest BCUT2D eigenvalue weighted by molar-refractivity contribution is -0.139. The van der Waals surface area contributed by atoms with E-state index in [2.05, 4.69) is 4.74 Å². The molecule has 0 amide bonds. The molecule has 1 aliphatic heterocycles. The van der Waals surface area contributed by atoms with Crippen molar-refractivity contribution >= 4 is 11.8 Å². The van der Waals surface area contributed by atoms with Crippen LogP contribution in [0.3, 0.4) is 0 Å². The number of esters is 1. The number of ether oxygens (including phenoxy) is 2. The number of carbonyl (C=O) groups excluding carboxylic acids is 2. The van der Waals surface area contributed by atoms with Crippen LogP contribution in [-0.4, -0.2) is 25.5 Å². The summed E-state index contributed by atoms with van der Waals surface area (Å²) >= 11 is 0. The highest BCUT2D eigenvalue weighted by Gasteiger charge is 2.21. The van der Waals surface area contributed by atoms with Crippen molar-refractivity contribution in [3.63, 3.8) is 0 Å². The van der Waals surface area contributed by atoms with Crippen molar-refractivity contribution in [1.29, 1.82) is 0 Å². The second kappa shape index (κ2) is 3.73. The van der Waals surface area contributed by atoms with E-state index < -0.39 is 0 Å². The van der Waals surface area contributed by atoms with Crippen LogP contribution in [0.2, 0.25) is 0 Å². The minimum atomic E-state index is -0.318. The summed E-state index contributed by atoms with van der Waals surface area (Å²) in [5.74, 6) is 0.228. The number of hydrogen-bond donors (Lipinski definition) is 0. The quantitative estimate of drug-likeness (QED) is 0.677. The standard InChI is InChI=1S/C11H10O4/c1-14-11(13)5-7-2-3-10-8(4-7)9(12)6-15-10/h2-4H,5-6H2,1H3. The van der Waals surface area contributed by atoms with Crippen LogP contribution in [0.1, 0.15) is 15.9 Å². The summed E-state index contributed by atoms with van der Waals surface area (Å²) in [6.07, 6.45) is 0.178. The van der Waals surface area contributed by atoms with Gasteiger partial charge in [0, 0.05) is 0 Å². The predicted octanol–water partition coefficient (Wildman–Crippen LogP) is 0.977. The Balaban J connectivity index is 2.25. The molecule has 0 aromatic heterocycles. The van der Waals surface area contributed by atoms with Crippen LogP contribution in [0.25, 0.3) is 0 Å². The van der Waals surface area contributed by atoms with Crippen LogP contribution in [0.15, 0.2) is 18.2 Å². The van der Waals surface area contributed by atoms with Gasteiger partial charge in [0.15, 0.2) is 6.61 Å². The second-order valence-corrected chi connectivity index (χ2v) is 3.30. The van der Waals surface area contributed by atoms with E-state index in [0.29, 0.717) is 11.3 Å². The first-order valence-electron chi connectivity index (χ1n) is 4.56. The summed E-state index contributed by atoms with van der Waals surface area (Å²) in [4.78, 5) is 22.4. The lowest BCUT2D eigenvalue weighted by Gasteiger charge is -2.01. The number of hydrogen-bond acceptors (Lipinski definition) is 4. The van der Waals surface area contributed by atoms with Crippen LogP contribution < -0.4 is 4.74 Å². The fourth-order valence-electron chi connectivity index (χ4n) is 1.49. The third-order valence-electron chi connectivity index (χ3n) is 2.28. The zero-order valence-electron chi connectivity index (χ0n) is 8.28. The minimum absolute atomic E-state index is 0.0447. The average Bonchev–Trinajstić information content (AvgIpc) is 2.60. The molecule has 0 spiro atoms. The molecule has 0 aliphatic carbocycles. The van der Waals surface area contributed by atoms with Crippen LogP contribution in [0, 0.1) is 0 Å². The smallest absolute Gasteiger partial charge is 0.309 e. The van der Waals surface area contributed by atoms with Crippen LogP contribution in [0.5, 0.6) is 5.75 Å². The molecule has 0 fully saturated rings. The highest BCUT2D eigenvalue weighted by atomic mass is 16.5. The molecule has 0 atom stereocenters. The van der Waals surface area contributed by atoms with Gasteiger partial charge in [0.2, 0.25) is 5.78 Å². The van der Waals surface area contributed by atoms with Crippen molar-refractivity contribution in [2.24, 2.45) is 0 Å². The normalized spacial score (nSPS) is 13.3. The van der Waals surface area contributed by atoms with Crippen molar-refractivity contribution in [2.45, 2.75) is 6.42 Å². The zero-order chi connectivity index (χ0) is 10.8. The molecule has 2 rings (SSSR count). The first-order chi connectivity index (χ1) is 7.20. The number of fused-ring (bicyclic) bond motifs is 1. The van der Waals surface area contributed by atoms with Gasteiger partial charge >= 0.3 is 5.97 Å². The van der Waals surface area contributed by atoms with Gasteiger partial charge in [-0.1, -0.05) is 6.07 Å². The molecule has 0 bridgehead atoms. The van der Waals surface area contributed by atoms with Gasteiger partial charge in [-0.3, -0.25) is 9.59 Å². The Morgan fingerprint density at radius 1 is 1.53 bits per heavy atom. The maximum absolute atomic E-state index is 11.3. The van der Waals surface area contributed by atoms with E-state index in [1.54, 1.807) is 18.2 Å². The molecule has 4 nitrogen and oxygen atoms in total. The maximum atomic E-state index is 11.3. The Bertz CT molecular complexity index is 423. The molecule has 15 heavy (non-hydrogen) atoms. The van der Waals surface area contributed by atoms with Crippen molar-refractivity contribution < 1.29 is 19.1 Å². The molecule has 0 saturated heterocycles. The topological polar surface area (TPSA) is 52.6 Å². The van der Waals surface area contributed by atoms with Crippen molar-refractivity contribution in [3.05, 3.63) is 29.3 Å². The molecular formula is C11H10O4. The summed E-state index contributed by atoms with van der Waals surface area (Å²) in [5.41, 5.74) is 1.32. The van der Waals surface area contributed by atoms with Crippen molar-refractivity contribution in [2.75, 3.05) is 13.7 Å². The molecule has 0 N–H and O–H groups in total. The van der Waals surface area contributed by atoms with Gasteiger partial charge in [0.05, 0.1) is 19.1 Å². The Morgan fingerprint density at radius 2 is 2.33 bits per heavy atom. The molecule has 1 aromatic rings. The summed E-state index contributed by atoms with van der Waals surface area (Å²) < 4.78 is 9.68. The first-order valence-corrected chi connectivity index (χ1v) is 4.56. The summed E-state index contributed by atoms with van der Waals surface area (Å²) in [7, 11) is 1.34. The molecule has 0 unspecified atom stereocenters. The average molecular weight is 206 g/mol. The minimum Gasteiger partial charge on any atom is -0.485 e. The zero-order valence-corrected chi connectivity index (χ0v) is 8.28. The molecule has 78 valence electrons. The first kappa shape index (κ1) is 9.71. The van der Waals surface area contributed by atoms with Crippen molar-refractivity contribution in [1.82, 2.24) is 0 Å². The van der Waals surface area contributed by atoms with E-state index in [9.17, 15) is 9.59 Å². The molecule has 0 saturated carbocycles. The number of carbonyl (C=O) groups is 2. The highest BCUT2D eigenvalue weighted by Crippen LogP contribution is 2.26. The number of Topliss-reactive ketones (excluding diaryl/α,β-unsaturated/α-hetero) is 1. The molecule has 1 aromatic carbocycles. The van der Waals surface area contributed by atoms with Gasteiger partial charge in [-0.25, -0.2) is 0 Å². The second-order valence-electron chi connectivity index (χ2n) is 3.30. The Hall–Kier alpha value is -1.84. The summed E-state index contributed by atoms with van der Waals surface area (Å²) in [6, 6.07) is 5.15. The van der Waals surface area contributed by atoms with Gasteiger partial charge in [-0.2, -0.15) is 0 Å². The van der Waals surface area contributed by atoms with Gasteiger partial charge in [0.25, 0.3) is 0 Å². The van der Waals surface area contributed by atoms with E-state index in [1.165, 1.54) is 7.11 Å². The Labute approximate surface area is 86.8 Å². The number of ketones is 1. The SMILES string of the molecule is COC(=O)Cc1ccc2c(c1)C(=O)CO2. The van der Waals surface area contributed by atoms with Crippen LogP contribution in [0.4, 0.5) is 0 Å². The highest BCUT2D eigenvalue weighted by molar-refractivity contribution is 6.02. The van der Waals surface area contributed by atoms with Gasteiger partial charge in [-0.15, -0.1) is 0 Å². The fourth-order valence-corrected chi connectivity index (χ4v) is 1.49. The number of methoxy groups -OCH3 is 1. The monoisotopic (exact) mass is 206 g/mol. The molecule has 1 aliphatic rings. The molecule has 4 heteroatoms. The van der Waals surface area contributed by atoms with E-state index >= 15 is 0 Å². The third kappa shape index (κ3) is 1.83. The van der Waals surface area contributed by atoms with Crippen molar-refractivity contribution in [3.8, 4) is 5.75 Å². The number of benzene rings is 1. The predicted molar refractivity (Wildman–Crippen MR) is 52.0 cm³/mol. The Kier molecular flexibility index (Phi) is 2.41. The summed E-state index contributed by atoms with van der Waals surface area (Å²) in [6.45, 7) is 0.0943. The van der Waals surface area contributed by atoms with Gasteiger partial charge in [0.1, 0.15) is 5.75 Å². The largest absolute Gasteiger partial charge is 0.485 e. The van der Waals surface area contributed by atoms with Crippen LogP contribution in [-0.2, 0) is 16.0 Å². The Morgan fingerprint density at radius 3 is 3.07 bits per heavy atom. The van der Waals surface area contributed by atoms with Gasteiger partial charge < -0.3 is 9.47 Å². The van der Waals surface area contributed by atoms with E-state index in [0.717, 1.165) is 5.56 Å². The fraction of sp³-hybridized carbons (Fsp3) is 0.273. The van der Waals surface area contributed by atoms with Crippen LogP contribution >= 0.6 is 0 Å². The molecule has 1 heterocycles. The lowest BCUT2D eigenvalue weighted by Crippen LogP contribution is -2.05. The van der Waals surface area contributed by atoms with Gasteiger partial charge in [-0.05, 0) is 17.7 Å². The molecule has 0 radical (unpaired) electrons. The maximum Gasteiger partial charge on any atom is 0.309 e. The lowest BCUT2D eigenvalue weighted by atomic mass is 10.1. The van der Waals surface area contributed by atoms with E-state index in [4.69, 9.17) is 4.74 Å². The third-order valence-corrected chi connectivity index (χ3v) is 2.28. The van der Waals surface area contributed by atoms with E-state index in [-0.39, 0.29) is 24.8 Å².